The highest BCUT2D eigenvalue weighted by atomic mass is 32.2. The normalized spacial score (nSPS) is 17.0. The topological polar surface area (TPSA) is 84.9 Å². The molecule has 1 saturated heterocycles. The van der Waals surface area contributed by atoms with E-state index in [1.807, 2.05) is 0 Å². The number of nitrogens with one attached hydrogen (secondary N) is 1. The molecule has 7 nitrogen and oxygen atoms in total. The summed E-state index contributed by atoms with van der Waals surface area (Å²) < 4.78 is 36.7. The lowest BCUT2D eigenvalue weighted by Crippen LogP contribution is -2.37. The van der Waals surface area contributed by atoms with Crippen molar-refractivity contribution in [2.24, 2.45) is 0 Å². The van der Waals surface area contributed by atoms with Crippen LogP contribution in [0.4, 0.5) is 0 Å². The van der Waals surface area contributed by atoms with Crippen LogP contribution in [0.15, 0.2) is 23.1 Å². The fourth-order valence-corrected chi connectivity index (χ4v) is 3.68. The lowest BCUT2D eigenvalue weighted by atomic mass is 10.3. The van der Waals surface area contributed by atoms with E-state index in [9.17, 15) is 13.2 Å². The molecule has 0 saturated carbocycles. The van der Waals surface area contributed by atoms with Crippen LogP contribution in [0.5, 0.6) is 11.5 Å². The Hall–Kier alpha value is -1.80. The van der Waals surface area contributed by atoms with E-state index >= 15 is 0 Å². The van der Waals surface area contributed by atoms with E-state index in [4.69, 9.17) is 9.47 Å². The molecule has 1 aliphatic rings. The van der Waals surface area contributed by atoms with Crippen molar-refractivity contribution in [1.82, 2.24) is 9.62 Å². The highest BCUT2D eigenvalue weighted by Gasteiger charge is 2.30. The first-order chi connectivity index (χ1) is 9.98. The highest BCUT2D eigenvalue weighted by Crippen LogP contribution is 2.30. The molecule has 1 aromatic rings. The molecule has 0 aliphatic carbocycles. The molecule has 0 unspecified atom stereocenters. The summed E-state index contributed by atoms with van der Waals surface area (Å²) in [6.45, 7) is 0.582. The molecule has 0 bridgehead atoms. The van der Waals surface area contributed by atoms with Gasteiger partial charge in [-0.15, -0.1) is 0 Å². The predicted molar refractivity (Wildman–Crippen MR) is 75.9 cm³/mol. The van der Waals surface area contributed by atoms with Gasteiger partial charge in [0.25, 0.3) is 0 Å². The van der Waals surface area contributed by atoms with Gasteiger partial charge in [-0.05, 0) is 18.6 Å². The Morgan fingerprint density at radius 2 is 2.00 bits per heavy atom. The van der Waals surface area contributed by atoms with Crippen molar-refractivity contribution in [3.8, 4) is 11.5 Å². The maximum atomic E-state index is 12.7. The first-order valence-electron chi connectivity index (χ1n) is 6.48. The summed E-state index contributed by atoms with van der Waals surface area (Å²) in [5.74, 6) is 0.391. The molecule has 1 fully saturated rings. The van der Waals surface area contributed by atoms with Crippen LogP contribution in [0.1, 0.15) is 6.42 Å². The van der Waals surface area contributed by atoms with Gasteiger partial charge in [0.05, 0.1) is 20.8 Å². The minimum atomic E-state index is -3.79. The average molecular weight is 314 g/mol. The maximum absolute atomic E-state index is 12.7. The van der Waals surface area contributed by atoms with Gasteiger partial charge in [0.2, 0.25) is 15.9 Å². The van der Waals surface area contributed by atoms with E-state index in [1.165, 1.54) is 30.7 Å². The Morgan fingerprint density at radius 3 is 2.67 bits per heavy atom. The number of rotatable bonds is 4. The van der Waals surface area contributed by atoms with E-state index in [1.54, 1.807) is 6.07 Å². The van der Waals surface area contributed by atoms with Gasteiger partial charge in [-0.2, -0.15) is 4.31 Å². The predicted octanol–water partition coefficient (Wildman–Crippen LogP) is 0.214. The Labute approximate surface area is 123 Å². The number of benzene rings is 1. The Bertz CT molecular complexity index is 629. The Kier molecular flexibility index (Phi) is 4.69. The van der Waals surface area contributed by atoms with Gasteiger partial charge in [0.1, 0.15) is 16.4 Å². The van der Waals surface area contributed by atoms with Crippen LogP contribution in [-0.4, -0.2) is 52.5 Å². The fourth-order valence-electron chi connectivity index (χ4n) is 2.11. The Morgan fingerprint density at radius 1 is 1.24 bits per heavy atom. The largest absolute Gasteiger partial charge is 0.497 e. The molecule has 8 heteroatoms. The summed E-state index contributed by atoms with van der Waals surface area (Å²) in [5, 5.41) is 2.65. The number of hydrogen-bond acceptors (Lipinski definition) is 5. The molecule has 116 valence electrons. The maximum Gasteiger partial charge on any atom is 0.247 e. The van der Waals surface area contributed by atoms with Gasteiger partial charge in [0.15, 0.2) is 0 Å². The van der Waals surface area contributed by atoms with Crippen molar-refractivity contribution in [3.05, 3.63) is 18.2 Å². The number of nitrogens with zero attached hydrogens (tertiary/aromatic N) is 1. The van der Waals surface area contributed by atoms with Gasteiger partial charge < -0.3 is 14.8 Å². The van der Waals surface area contributed by atoms with Gasteiger partial charge in [-0.1, -0.05) is 0 Å². The third kappa shape index (κ3) is 3.27. The fraction of sp³-hybridized carbons (Fsp3) is 0.462. The molecule has 1 amide bonds. The van der Waals surface area contributed by atoms with Crippen molar-refractivity contribution in [3.63, 3.8) is 0 Å². The number of hydrogen-bond donors (Lipinski definition) is 1. The molecule has 1 aromatic carbocycles. The van der Waals surface area contributed by atoms with Gasteiger partial charge >= 0.3 is 0 Å². The van der Waals surface area contributed by atoms with Crippen LogP contribution in [0.25, 0.3) is 0 Å². The summed E-state index contributed by atoms with van der Waals surface area (Å²) in [6, 6.07) is 4.48. The molecule has 1 N–H and O–H groups in total. The molecule has 21 heavy (non-hydrogen) atoms. The van der Waals surface area contributed by atoms with Gasteiger partial charge in [0, 0.05) is 19.2 Å². The molecule has 1 heterocycles. The first-order valence-corrected chi connectivity index (χ1v) is 7.92. The number of methoxy groups -OCH3 is 2. The minimum absolute atomic E-state index is 0.0282. The van der Waals surface area contributed by atoms with Crippen molar-refractivity contribution >= 4 is 15.9 Å². The molecule has 0 radical (unpaired) electrons. The standard InChI is InChI=1S/C13H18N2O5S/c1-19-10-4-5-12(11(8-10)20-2)21(17,18)15-7-3-6-14-13(16)9-15/h4-5,8H,3,6-7,9H2,1-2H3,(H,14,16). The van der Waals surface area contributed by atoms with Crippen LogP contribution >= 0.6 is 0 Å². The monoisotopic (exact) mass is 314 g/mol. The van der Waals surface area contributed by atoms with Crippen molar-refractivity contribution in [2.75, 3.05) is 33.9 Å². The van der Waals surface area contributed by atoms with Crippen LogP contribution in [0, 0.1) is 0 Å². The number of sulfonamides is 1. The average Bonchev–Trinajstić information content (AvgIpc) is 2.71. The summed E-state index contributed by atoms with van der Waals surface area (Å²) in [4.78, 5) is 11.6. The highest BCUT2D eigenvalue weighted by molar-refractivity contribution is 7.89. The molecule has 0 spiro atoms. The SMILES string of the molecule is COc1ccc(S(=O)(=O)N2CCCNC(=O)C2)c(OC)c1. The van der Waals surface area contributed by atoms with Crippen LogP contribution in [0.3, 0.4) is 0 Å². The van der Waals surface area contributed by atoms with E-state index in [2.05, 4.69) is 5.32 Å². The first kappa shape index (κ1) is 15.6. The number of carbonyl (C=O) groups excluding carboxylic acids is 1. The molecule has 0 atom stereocenters. The lowest BCUT2D eigenvalue weighted by Gasteiger charge is -2.20. The second kappa shape index (κ2) is 6.31. The van der Waals surface area contributed by atoms with Crippen molar-refractivity contribution < 1.29 is 22.7 Å². The second-order valence-corrected chi connectivity index (χ2v) is 6.47. The van der Waals surface area contributed by atoms with E-state index in [0.717, 1.165) is 0 Å². The van der Waals surface area contributed by atoms with Crippen LogP contribution in [0.2, 0.25) is 0 Å². The van der Waals surface area contributed by atoms with Gasteiger partial charge in [-0.3, -0.25) is 4.79 Å². The second-order valence-electron chi connectivity index (χ2n) is 4.56. The summed E-state index contributed by atoms with van der Waals surface area (Å²) in [6.07, 6.45) is 0.573. The summed E-state index contributed by atoms with van der Waals surface area (Å²) >= 11 is 0. The molecule has 1 aliphatic heterocycles. The molecular formula is C13H18N2O5S. The Balaban J connectivity index is 2.40. The number of carbonyl (C=O) groups is 1. The van der Waals surface area contributed by atoms with Crippen LogP contribution < -0.4 is 14.8 Å². The minimum Gasteiger partial charge on any atom is -0.497 e. The van der Waals surface area contributed by atoms with Crippen LogP contribution in [-0.2, 0) is 14.8 Å². The van der Waals surface area contributed by atoms with Gasteiger partial charge in [-0.25, -0.2) is 8.42 Å². The third-order valence-corrected chi connectivity index (χ3v) is 5.10. The van der Waals surface area contributed by atoms with Crippen molar-refractivity contribution in [1.29, 1.82) is 0 Å². The quantitative estimate of drug-likeness (QED) is 0.859. The van der Waals surface area contributed by atoms with E-state index in [-0.39, 0.29) is 29.6 Å². The van der Waals surface area contributed by atoms with E-state index in [0.29, 0.717) is 18.7 Å². The smallest absolute Gasteiger partial charge is 0.247 e. The summed E-state index contributed by atoms with van der Waals surface area (Å²) in [5.41, 5.74) is 0. The zero-order valence-electron chi connectivity index (χ0n) is 12.0. The zero-order valence-corrected chi connectivity index (χ0v) is 12.8. The molecular weight excluding hydrogens is 296 g/mol. The number of ether oxygens (including phenoxy) is 2. The van der Waals surface area contributed by atoms with Crippen molar-refractivity contribution in [2.45, 2.75) is 11.3 Å². The third-order valence-electron chi connectivity index (χ3n) is 3.22. The zero-order chi connectivity index (χ0) is 15.5. The lowest BCUT2D eigenvalue weighted by molar-refractivity contribution is -0.120. The molecule has 2 rings (SSSR count). The van der Waals surface area contributed by atoms with E-state index < -0.39 is 10.0 Å². The molecule has 0 aromatic heterocycles. The summed E-state index contributed by atoms with van der Waals surface area (Å²) in [7, 11) is -0.914. The number of amides is 1.